The van der Waals surface area contributed by atoms with Gasteiger partial charge in [-0.1, -0.05) is 31.1 Å². The van der Waals surface area contributed by atoms with Gasteiger partial charge in [0.2, 0.25) is 5.76 Å². The molecule has 1 aliphatic rings. The van der Waals surface area contributed by atoms with Crippen molar-refractivity contribution in [3.63, 3.8) is 0 Å². The molecule has 3 aromatic heterocycles. The van der Waals surface area contributed by atoms with Crippen LogP contribution in [0.15, 0.2) is 21.2 Å². The topological polar surface area (TPSA) is 85.3 Å². The summed E-state index contributed by atoms with van der Waals surface area (Å²) < 4.78 is 52.0. The van der Waals surface area contributed by atoms with E-state index in [1.807, 2.05) is 6.92 Å². The minimum Gasteiger partial charge on any atom is -0.351 e. The van der Waals surface area contributed by atoms with Gasteiger partial charge in [0.25, 0.3) is 11.6 Å². The summed E-state index contributed by atoms with van der Waals surface area (Å²) in [5, 5.41) is 7.68. The normalized spacial score (nSPS) is 17.6. The number of fused-ring (bicyclic) bond motifs is 1. The first-order valence-electron chi connectivity index (χ1n) is 10.3. The maximum absolute atomic E-state index is 13.9. The summed E-state index contributed by atoms with van der Waals surface area (Å²) in [6, 6.07) is 2.66. The Labute approximate surface area is 176 Å². The van der Waals surface area contributed by atoms with Gasteiger partial charge in [-0.3, -0.25) is 4.79 Å². The Kier molecular flexibility index (Phi) is 5.49. The van der Waals surface area contributed by atoms with Gasteiger partial charge in [-0.15, -0.1) is 0 Å². The van der Waals surface area contributed by atoms with Crippen LogP contribution in [0, 0.1) is 0 Å². The Balaban J connectivity index is 1.69. The number of alkyl halides is 3. The van der Waals surface area contributed by atoms with Crippen molar-refractivity contribution in [3.8, 4) is 0 Å². The van der Waals surface area contributed by atoms with E-state index >= 15 is 0 Å². The molecule has 0 aromatic carbocycles. The number of carbonyl (C=O) groups is 1. The highest BCUT2D eigenvalue weighted by atomic mass is 19.4. The smallest absolute Gasteiger partial charge is 0.351 e. The van der Waals surface area contributed by atoms with E-state index in [2.05, 4.69) is 15.3 Å². The summed E-state index contributed by atoms with van der Waals surface area (Å²) >= 11 is 0. The molecule has 1 amide bonds. The minimum atomic E-state index is -4.58. The van der Waals surface area contributed by atoms with E-state index in [0.29, 0.717) is 37.2 Å². The quantitative estimate of drug-likeness (QED) is 0.576. The van der Waals surface area contributed by atoms with Crippen molar-refractivity contribution < 1.29 is 27.0 Å². The molecule has 4 heterocycles. The molecule has 1 saturated heterocycles. The van der Waals surface area contributed by atoms with E-state index in [1.165, 1.54) is 0 Å². The van der Waals surface area contributed by atoms with Crippen LogP contribution in [-0.4, -0.2) is 39.2 Å². The Morgan fingerprint density at radius 3 is 2.68 bits per heavy atom. The van der Waals surface area contributed by atoms with Crippen molar-refractivity contribution in [1.82, 2.24) is 20.2 Å². The molecule has 0 spiro atoms. The molecule has 7 nitrogen and oxygen atoms in total. The van der Waals surface area contributed by atoms with Crippen LogP contribution in [-0.2, 0) is 12.6 Å². The number of aryl methyl sites for hydroxylation is 1. The lowest BCUT2D eigenvalue weighted by atomic mass is 9.91. The van der Waals surface area contributed by atoms with Gasteiger partial charge in [0, 0.05) is 30.8 Å². The third-order valence-corrected chi connectivity index (χ3v) is 5.62. The minimum absolute atomic E-state index is 0.121. The fraction of sp³-hybridized carbons (Fsp3) is 0.524. The molecule has 0 radical (unpaired) electrons. The molecule has 0 saturated carbocycles. The zero-order valence-electron chi connectivity index (χ0n) is 17.5. The number of likely N-dealkylation sites (tertiary alicyclic amines) is 1. The number of hydrogen-bond acceptors (Lipinski definition) is 6. The zero-order valence-corrected chi connectivity index (χ0v) is 17.5. The number of nitrogens with zero attached hydrogens (tertiary/aromatic N) is 4. The molecule has 0 aliphatic carbocycles. The molecular weight excluding hydrogens is 413 g/mol. The number of amides is 1. The van der Waals surface area contributed by atoms with E-state index in [-0.39, 0.29) is 40.9 Å². The van der Waals surface area contributed by atoms with Gasteiger partial charge >= 0.3 is 6.18 Å². The average molecular weight is 436 g/mol. The molecule has 0 unspecified atom stereocenters. The Bertz CT molecular complexity index is 1100. The lowest BCUT2D eigenvalue weighted by Gasteiger charge is -2.31. The highest BCUT2D eigenvalue weighted by Crippen LogP contribution is 2.40. The van der Waals surface area contributed by atoms with Crippen LogP contribution in [0.2, 0.25) is 0 Å². The molecule has 0 bridgehead atoms. The summed E-state index contributed by atoms with van der Waals surface area (Å²) in [4.78, 5) is 18.6. The molecule has 1 aliphatic heterocycles. The first kappa shape index (κ1) is 21.3. The summed E-state index contributed by atoms with van der Waals surface area (Å²) in [6.07, 6.45) is -2.73. The number of rotatable bonds is 4. The maximum Gasteiger partial charge on any atom is 0.417 e. The standard InChI is InChI=1S/C21H23F3N4O3/c1-4-13-8-16(30-26-13)20(29)28-7-5-6-12(10-28)18-17-14(21(22,23)24)9-15(11(2)3)25-19(17)31-27-18/h8-9,11-12H,4-7,10H2,1-3H3/t12-/m0/s1. The van der Waals surface area contributed by atoms with Crippen LogP contribution in [0.25, 0.3) is 11.1 Å². The van der Waals surface area contributed by atoms with Crippen molar-refractivity contribution in [1.29, 1.82) is 0 Å². The molecular formula is C21H23F3N4O3. The summed E-state index contributed by atoms with van der Waals surface area (Å²) in [6.45, 7) is 6.13. The van der Waals surface area contributed by atoms with E-state index in [9.17, 15) is 18.0 Å². The van der Waals surface area contributed by atoms with Crippen molar-refractivity contribution in [2.45, 2.75) is 58.0 Å². The number of hydrogen-bond donors (Lipinski definition) is 0. The van der Waals surface area contributed by atoms with Crippen LogP contribution < -0.4 is 0 Å². The van der Waals surface area contributed by atoms with Crippen LogP contribution in [0.4, 0.5) is 13.2 Å². The van der Waals surface area contributed by atoms with Crippen LogP contribution >= 0.6 is 0 Å². The highest BCUT2D eigenvalue weighted by Gasteiger charge is 2.38. The average Bonchev–Trinajstić information content (AvgIpc) is 3.39. The second-order valence-corrected chi connectivity index (χ2v) is 8.12. The molecule has 3 aromatic rings. The lowest BCUT2D eigenvalue weighted by Crippen LogP contribution is -2.39. The Morgan fingerprint density at radius 2 is 2.03 bits per heavy atom. The Hall–Kier alpha value is -2.91. The fourth-order valence-corrected chi connectivity index (χ4v) is 3.91. The summed E-state index contributed by atoms with van der Waals surface area (Å²) in [5.74, 6) is -0.806. The van der Waals surface area contributed by atoms with E-state index < -0.39 is 17.7 Å². The van der Waals surface area contributed by atoms with Gasteiger partial charge in [0.15, 0.2) is 0 Å². The van der Waals surface area contributed by atoms with E-state index in [1.54, 1.807) is 24.8 Å². The number of halogens is 3. The van der Waals surface area contributed by atoms with Crippen molar-refractivity contribution in [2.75, 3.05) is 13.1 Å². The number of piperidine rings is 1. The second-order valence-electron chi connectivity index (χ2n) is 8.12. The number of aromatic nitrogens is 3. The number of pyridine rings is 1. The monoisotopic (exact) mass is 436 g/mol. The van der Waals surface area contributed by atoms with Gasteiger partial charge in [0.05, 0.1) is 22.3 Å². The molecule has 4 rings (SSSR count). The number of carbonyl (C=O) groups excluding carboxylic acids is 1. The molecule has 1 fully saturated rings. The lowest BCUT2D eigenvalue weighted by molar-refractivity contribution is -0.136. The van der Waals surface area contributed by atoms with Crippen LogP contribution in [0.3, 0.4) is 0 Å². The molecule has 10 heteroatoms. The summed E-state index contributed by atoms with van der Waals surface area (Å²) in [5.41, 5.74) is 0.222. The second kappa shape index (κ2) is 7.97. The van der Waals surface area contributed by atoms with E-state index in [0.717, 1.165) is 6.07 Å². The summed E-state index contributed by atoms with van der Waals surface area (Å²) in [7, 11) is 0. The van der Waals surface area contributed by atoms with Gasteiger partial charge in [-0.2, -0.15) is 13.2 Å². The van der Waals surface area contributed by atoms with Crippen LogP contribution in [0.1, 0.15) is 78.6 Å². The first-order chi connectivity index (χ1) is 14.7. The van der Waals surface area contributed by atoms with Gasteiger partial charge in [-0.25, -0.2) is 4.98 Å². The third-order valence-electron chi connectivity index (χ3n) is 5.62. The van der Waals surface area contributed by atoms with Gasteiger partial charge < -0.3 is 13.9 Å². The Morgan fingerprint density at radius 1 is 1.26 bits per heavy atom. The van der Waals surface area contributed by atoms with E-state index in [4.69, 9.17) is 9.05 Å². The maximum atomic E-state index is 13.9. The van der Waals surface area contributed by atoms with Crippen molar-refractivity contribution >= 4 is 17.0 Å². The van der Waals surface area contributed by atoms with Gasteiger partial charge in [-0.05, 0) is 31.2 Å². The fourth-order valence-electron chi connectivity index (χ4n) is 3.91. The van der Waals surface area contributed by atoms with Crippen LogP contribution in [0.5, 0.6) is 0 Å². The SMILES string of the molecule is CCc1cc(C(=O)N2CCC[C@H](c3noc4nc(C(C)C)cc(C(F)(F)F)c34)C2)on1. The van der Waals surface area contributed by atoms with Gasteiger partial charge in [0.1, 0.15) is 0 Å². The first-order valence-corrected chi connectivity index (χ1v) is 10.3. The molecule has 31 heavy (non-hydrogen) atoms. The van der Waals surface area contributed by atoms with Crippen molar-refractivity contribution in [2.24, 2.45) is 0 Å². The largest absolute Gasteiger partial charge is 0.417 e. The molecule has 0 N–H and O–H groups in total. The molecule has 166 valence electrons. The zero-order chi connectivity index (χ0) is 22.3. The predicted molar refractivity (Wildman–Crippen MR) is 105 cm³/mol. The van der Waals surface area contributed by atoms with Crippen molar-refractivity contribution in [3.05, 3.63) is 40.5 Å². The predicted octanol–water partition coefficient (Wildman–Crippen LogP) is 4.94. The third kappa shape index (κ3) is 4.03. The highest BCUT2D eigenvalue weighted by molar-refractivity contribution is 5.91. The molecule has 1 atom stereocenters.